The number of hydrogen-bond acceptors (Lipinski definition) is 6. The molecule has 7 nitrogen and oxygen atoms in total. The average Bonchev–Trinajstić information content (AvgIpc) is 2.67. The van der Waals surface area contributed by atoms with Crippen LogP contribution in [0.15, 0.2) is 36.4 Å². The molecule has 1 amide bonds. The molecule has 7 heteroatoms. The molecular weight excluding hydrogens is 362 g/mol. The van der Waals surface area contributed by atoms with E-state index in [2.05, 4.69) is 5.32 Å². The maximum atomic E-state index is 12.3. The van der Waals surface area contributed by atoms with Gasteiger partial charge >= 0.3 is 5.97 Å². The number of carbonyl (C=O) groups is 2. The SMILES string of the molecule is COc1ccc(C)cc1CC(=O)O[C@H](C)C(=O)Nc1ccc(OC)c(OC)c1. The van der Waals surface area contributed by atoms with Gasteiger partial charge in [-0.3, -0.25) is 9.59 Å². The van der Waals surface area contributed by atoms with E-state index in [1.165, 1.54) is 21.1 Å². The Labute approximate surface area is 164 Å². The Morgan fingerprint density at radius 2 is 1.57 bits per heavy atom. The molecule has 0 saturated heterocycles. The summed E-state index contributed by atoms with van der Waals surface area (Å²) in [4.78, 5) is 24.6. The molecular formula is C21H25NO6. The van der Waals surface area contributed by atoms with Crippen LogP contribution in [0.2, 0.25) is 0 Å². The topological polar surface area (TPSA) is 83.1 Å². The number of aryl methyl sites for hydroxylation is 1. The Morgan fingerprint density at radius 3 is 2.21 bits per heavy atom. The van der Waals surface area contributed by atoms with Crippen molar-refractivity contribution in [3.63, 3.8) is 0 Å². The zero-order valence-electron chi connectivity index (χ0n) is 16.7. The monoisotopic (exact) mass is 387 g/mol. The molecule has 0 spiro atoms. The Morgan fingerprint density at radius 1 is 0.929 bits per heavy atom. The van der Waals surface area contributed by atoms with Gasteiger partial charge in [0.15, 0.2) is 17.6 Å². The molecule has 0 saturated carbocycles. The van der Waals surface area contributed by atoms with Crippen LogP contribution in [0.3, 0.4) is 0 Å². The van der Waals surface area contributed by atoms with Crippen molar-refractivity contribution in [1.82, 2.24) is 0 Å². The summed E-state index contributed by atoms with van der Waals surface area (Å²) in [5.74, 6) is 0.671. The van der Waals surface area contributed by atoms with Crippen molar-refractivity contribution in [1.29, 1.82) is 0 Å². The van der Waals surface area contributed by atoms with Crippen molar-refractivity contribution >= 4 is 17.6 Å². The summed E-state index contributed by atoms with van der Waals surface area (Å²) in [6.07, 6.45) is -0.949. The smallest absolute Gasteiger partial charge is 0.311 e. The molecule has 1 atom stereocenters. The molecule has 2 aromatic carbocycles. The lowest BCUT2D eigenvalue weighted by molar-refractivity contribution is -0.152. The molecule has 0 unspecified atom stereocenters. The highest BCUT2D eigenvalue weighted by molar-refractivity contribution is 5.95. The van der Waals surface area contributed by atoms with Gasteiger partial charge in [0.2, 0.25) is 0 Å². The number of esters is 1. The van der Waals surface area contributed by atoms with E-state index < -0.39 is 18.0 Å². The number of methoxy groups -OCH3 is 3. The van der Waals surface area contributed by atoms with Gasteiger partial charge in [-0.2, -0.15) is 0 Å². The van der Waals surface area contributed by atoms with Crippen molar-refractivity contribution in [3.8, 4) is 17.2 Å². The number of anilines is 1. The number of rotatable bonds is 8. The van der Waals surface area contributed by atoms with E-state index in [1.54, 1.807) is 31.4 Å². The van der Waals surface area contributed by atoms with Crippen LogP contribution in [-0.4, -0.2) is 39.3 Å². The summed E-state index contributed by atoms with van der Waals surface area (Å²) in [6.45, 7) is 3.44. The molecule has 1 N–H and O–H groups in total. The number of ether oxygens (including phenoxy) is 4. The van der Waals surface area contributed by atoms with Crippen molar-refractivity contribution < 1.29 is 28.5 Å². The van der Waals surface area contributed by atoms with Gasteiger partial charge in [-0.15, -0.1) is 0 Å². The second-order valence-electron chi connectivity index (χ2n) is 6.18. The number of benzene rings is 2. The minimum atomic E-state index is -0.962. The first-order valence-electron chi connectivity index (χ1n) is 8.73. The lowest BCUT2D eigenvalue weighted by atomic mass is 10.1. The van der Waals surface area contributed by atoms with Crippen molar-refractivity contribution in [2.75, 3.05) is 26.6 Å². The lowest BCUT2D eigenvalue weighted by Crippen LogP contribution is -2.30. The normalized spacial score (nSPS) is 11.3. The minimum absolute atomic E-state index is 0.0127. The minimum Gasteiger partial charge on any atom is -0.496 e. The van der Waals surface area contributed by atoms with Crippen molar-refractivity contribution in [3.05, 3.63) is 47.5 Å². The lowest BCUT2D eigenvalue weighted by Gasteiger charge is -2.15. The van der Waals surface area contributed by atoms with Gasteiger partial charge in [0.1, 0.15) is 5.75 Å². The van der Waals surface area contributed by atoms with E-state index in [0.717, 1.165) is 5.56 Å². The van der Waals surface area contributed by atoms with E-state index >= 15 is 0 Å². The largest absolute Gasteiger partial charge is 0.496 e. The summed E-state index contributed by atoms with van der Waals surface area (Å²) in [6, 6.07) is 10.5. The van der Waals surface area contributed by atoms with Crippen molar-refractivity contribution in [2.45, 2.75) is 26.4 Å². The second-order valence-corrected chi connectivity index (χ2v) is 6.18. The van der Waals surface area contributed by atoms with Gasteiger partial charge in [-0.05, 0) is 32.0 Å². The van der Waals surface area contributed by atoms with Gasteiger partial charge in [0.25, 0.3) is 5.91 Å². The third-order valence-electron chi connectivity index (χ3n) is 4.10. The standard InChI is InChI=1S/C21H25NO6/c1-13-6-8-17(25-3)15(10-13)11-20(23)28-14(2)21(24)22-16-7-9-18(26-4)19(12-16)27-5/h6-10,12,14H,11H2,1-5H3,(H,22,24)/t14-/m1/s1. The average molecular weight is 387 g/mol. The second kappa shape index (κ2) is 9.64. The number of hydrogen-bond donors (Lipinski definition) is 1. The van der Waals surface area contributed by atoms with Crippen LogP contribution in [0.5, 0.6) is 17.2 Å². The zero-order valence-corrected chi connectivity index (χ0v) is 16.7. The van der Waals surface area contributed by atoms with Crippen LogP contribution >= 0.6 is 0 Å². The maximum absolute atomic E-state index is 12.3. The van der Waals surface area contributed by atoms with Crippen LogP contribution in [0.25, 0.3) is 0 Å². The van der Waals surface area contributed by atoms with Gasteiger partial charge in [-0.25, -0.2) is 0 Å². The van der Waals surface area contributed by atoms with Gasteiger partial charge < -0.3 is 24.3 Å². The molecule has 0 bridgehead atoms. The quantitative estimate of drug-likeness (QED) is 0.701. The van der Waals surface area contributed by atoms with Crippen LogP contribution in [0.1, 0.15) is 18.1 Å². The highest BCUT2D eigenvalue weighted by Gasteiger charge is 2.20. The first-order chi connectivity index (χ1) is 13.4. The predicted octanol–water partition coefficient (Wildman–Crippen LogP) is 3.13. The Hall–Kier alpha value is -3.22. The molecule has 0 aliphatic carbocycles. The summed E-state index contributed by atoms with van der Waals surface area (Å²) >= 11 is 0. The zero-order chi connectivity index (χ0) is 20.7. The molecule has 2 aromatic rings. The number of carbonyl (C=O) groups excluding carboxylic acids is 2. The Balaban J connectivity index is 1.98. The summed E-state index contributed by atoms with van der Waals surface area (Å²) < 4.78 is 20.9. The van der Waals surface area contributed by atoms with Gasteiger partial charge in [-0.1, -0.05) is 17.7 Å². The Bertz CT molecular complexity index is 849. The predicted molar refractivity (Wildman–Crippen MR) is 105 cm³/mol. The highest BCUT2D eigenvalue weighted by atomic mass is 16.5. The molecule has 2 rings (SSSR count). The summed E-state index contributed by atoms with van der Waals surface area (Å²) in [5, 5.41) is 2.69. The van der Waals surface area contributed by atoms with E-state index in [0.29, 0.717) is 28.5 Å². The van der Waals surface area contributed by atoms with Crippen LogP contribution < -0.4 is 19.5 Å². The van der Waals surface area contributed by atoms with E-state index in [9.17, 15) is 9.59 Å². The van der Waals surface area contributed by atoms with Gasteiger partial charge in [0, 0.05) is 17.3 Å². The van der Waals surface area contributed by atoms with Crippen LogP contribution in [0.4, 0.5) is 5.69 Å². The third kappa shape index (κ3) is 5.39. The molecule has 0 heterocycles. The molecule has 0 fully saturated rings. The third-order valence-corrected chi connectivity index (χ3v) is 4.10. The fourth-order valence-electron chi connectivity index (χ4n) is 2.65. The van der Waals surface area contributed by atoms with Crippen molar-refractivity contribution in [2.24, 2.45) is 0 Å². The fourth-order valence-corrected chi connectivity index (χ4v) is 2.65. The molecule has 0 aliphatic heterocycles. The number of nitrogens with one attached hydrogen (secondary N) is 1. The molecule has 0 aliphatic rings. The van der Waals surface area contributed by atoms with E-state index in [1.807, 2.05) is 19.1 Å². The highest BCUT2D eigenvalue weighted by Crippen LogP contribution is 2.29. The molecule has 0 aromatic heterocycles. The van der Waals surface area contributed by atoms with Gasteiger partial charge in [0.05, 0.1) is 27.8 Å². The maximum Gasteiger partial charge on any atom is 0.311 e. The van der Waals surface area contributed by atoms with Crippen LogP contribution in [0, 0.1) is 6.92 Å². The Kier molecular flexibility index (Phi) is 7.26. The first-order valence-corrected chi connectivity index (χ1v) is 8.73. The summed E-state index contributed by atoms with van der Waals surface area (Å²) in [7, 11) is 4.58. The number of amides is 1. The van der Waals surface area contributed by atoms with Crippen LogP contribution in [-0.2, 0) is 20.7 Å². The fraction of sp³-hybridized carbons (Fsp3) is 0.333. The molecule has 150 valence electrons. The van der Waals surface area contributed by atoms with E-state index in [-0.39, 0.29) is 6.42 Å². The summed E-state index contributed by atoms with van der Waals surface area (Å²) in [5.41, 5.74) is 2.22. The molecule has 28 heavy (non-hydrogen) atoms. The first kappa shape index (κ1) is 21.1. The van der Waals surface area contributed by atoms with E-state index in [4.69, 9.17) is 18.9 Å². The molecule has 0 radical (unpaired) electrons.